The molecule has 0 saturated heterocycles. The van der Waals surface area contributed by atoms with E-state index < -0.39 is 0 Å². The monoisotopic (exact) mass is 333 g/mol. The number of aryl methyl sites for hydroxylation is 2. The Morgan fingerprint density at radius 1 is 1.43 bits per heavy atom. The van der Waals surface area contributed by atoms with Gasteiger partial charge in [-0.3, -0.25) is 4.68 Å². The molecule has 2 aromatic rings. The van der Waals surface area contributed by atoms with Crippen molar-refractivity contribution in [2.75, 3.05) is 5.75 Å². The van der Waals surface area contributed by atoms with Gasteiger partial charge in [-0.25, -0.2) is 4.39 Å². The average Bonchev–Trinajstić information content (AvgIpc) is 2.74. The molecule has 0 saturated carbocycles. The van der Waals surface area contributed by atoms with Crippen molar-refractivity contribution in [3.05, 3.63) is 46.5 Å². The third-order valence-electron chi connectivity index (χ3n) is 4.67. The molecule has 1 N–H and O–H groups in total. The van der Waals surface area contributed by atoms with Crippen LogP contribution in [0.2, 0.25) is 0 Å². The van der Waals surface area contributed by atoms with E-state index in [4.69, 9.17) is 0 Å². The third kappa shape index (κ3) is 3.45. The molecule has 1 aliphatic rings. The summed E-state index contributed by atoms with van der Waals surface area (Å²) in [7, 11) is 1.99. The summed E-state index contributed by atoms with van der Waals surface area (Å²) in [5.41, 5.74) is 4.75. The second kappa shape index (κ2) is 6.65. The highest BCUT2D eigenvalue weighted by atomic mass is 32.2. The number of aromatic nitrogens is 2. The average molecular weight is 333 g/mol. The summed E-state index contributed by atoms with van der Waals surface area (Å²) >= 11 is 1.82. The highest BCUT2D eigenvalue weighted by molar-refractivity contribution is 7.99. The molecular weight excluding hydrogens is 309 g/mol. The van der Waals surface area contributed by atoms with E-state index >= 15 is 0 Å². The third-order valence-corrected chi connectivity index (χ3v) is 5.79. The molecule has 0 amide bonds. The number of nitrogens with one attached hydrogen (secondary N) is 1. The number of thioether (sulfide) groups is 1. The zero-order chi connectivity index (χ0) is 16.6. The number of hydrogen-bond acceptors (Lipinski definition) is 3. The summed E-state index contributed by atoms with van der Waals surface area (Å²) in [5.74, 6) is 0.929. The van der Waals surface area contributed by atoms with Gasteiger partial charge in [0.2, 0.25) is 0 Å². The van der Waals surface area contributed by atoms with Crippen molar-refractivity contribution >= 4 is 11.8 Å². The lowest BCUT2D eigenvalue weighted by molar-refractivity contribution is 0.435. The first kappa shape index (κ1) is 16.5. The Morgan fingerprint density at radius 2 is 2.22 bits per heavy atom. The van der Waals surface area contributed by atoms with Gasteiger partial charge in [-0.05, 0) is 68.7 Å². The molecule has 1 aromatic carbocycles. The minimum absolute atomic E-state index is 0.148. The summed E-state index contributed by atoms with van der Waals surface area (Å²) in [4.78, 5) is 1.20. The number of halogens is 1. The van der Waals surface area contributed by atoms with Crippen molar-refractivity contribution < 1.29 is 4.39 Å². The first-order valence-corrected chi connectivity index (χ1v) is 9.11. The van der Waals surface area contributed by atoms with Crippen LogP contribution < -0.4 is 5.32 Å². The van der Waals surface area contributed by atoms with E-state index in [-0.39, 0.29) is 11.9 Å². The van der Waals surface area contributed by atoms with Crippen molar-refractivity contribution in [1.82, 2.24) is 15.1 Å². The van der Waals surface area contributed by atoms with Gasteiger partial charge in [0.05, 0.1) is 5.69 Å². The van der Waals surface area contributed by atoms with Crippen LogP contribution in [0, 0.1) is 19.7 Å². The van der Waals surface area contributed by atoms with E-state index in [1.807, 2.05) is 29.6 Å². The van der Waals surface area contributed by atoms with Crippen LogP contribution in [-0.2, 0) is 13.5 Å². The predicted molar refractivity (Wildman–Crippen MR) is 93.5 cm³/mol. The number of rotatable bonds is 4. The molecule has 1 aliphatic heterocycles. The fourth-order valence-corrected chi connectivity index (χ4v) is 4.47. The Labute approximate surface area is 141 Å². The minimum Gasteiger partial charge on any atom is -0.307 e. The summed E-state index contributed by atoms with van der Waals surface area (Å²) in [6.07, 6.45) is 1.98. The Hall–Kier alpha value is -1.33. The maximum absolute atomic E-state index is 13.6. The van der Waals surface area contributed by atoms with Gasteiger partial charge in [0.25, 0.3) is 0 Å². The van der Waals surface area contributed by atoms with Crippen LogP contribution in [0.15, 0.2) is 23.1 Å². The zero-order valence-electron chi connectivity index (χ0n) is 14.2. The molecule has 3 nitrogen and oxygen atoms in total. The van der Waals surface area contributed by atoms with E-state index in [0.29, 0.717) is 6.04 Å². The normalized spacial score (nSPS) is 18.7. The highest BCUT2D eigenvalue weighted by Crippen LogP contribution is 2.36. The Balaban J connectivity index is 1.74. The van der Waals surface area contributed by atoms with Crippen LogP contribution in [0.4, 0.5) is 4.39 Å². The van der Waals surface area contributed by atoms with Gasteiger partial charge in [0, 0.05) is 29.7 Å². The Bertz CT molecular complexity index is 711. The van der Waals surface area contributed by atoms with E-state index in [1.165, 1.54) is 16.2 Å². The van der Waals surface area contributed by atoms with Gasteiger partial charge in [0.1, 0.15) is 5.82 Å². The van der Waals surface area contributed by atoms with Crippen molar-refractivity contribution in [1.29, 1.82) is 0 Å². The van der Waals surface area contributed by atoms with Crippen LogP contribution in [0.1, 0.15) is 41.9 Å². The van der Waals surface area contributed by atoms with Crippen molar-refractivity contribution in [3.63, 3.8) is 0 Å². The molecule has 2 heterocycles. The van der Waals surface area contributed by atoms with Crippen molar-refractivity contribution in [2.24, 2.45) is 7.05 Å². The lowest BCUT2D eigenvalue weighted by atomic mass is 10.00. The van der Waals surface area contributed by atoms with E-state index in [2.05, 4.69) is 31.2 Å². The molecular formula is C18H24FN3S. The predicted octanol–water partition coefficient (Wildman–Crippen LogP) is 3.93. The molecule has 5 heteroatoms. The summed E-state index contributed by atoms with van der Waals surface area (Å²) in [5, 5.41) is 8.19. The van der Waals surface area contributed by atoms with Gasteiger partial charge in [0.15, 0.2) is 0 Å². The molecule has 0 aliphatic carbocycles. The zero-order valence-corrected chi connectivity index (χ0v) is 15.0. The first-order valence-electron chi connectivity index (χ1n) is 8.13. The van der Waals surface area contributed by atoms with Gasteiger partial charge in [-0.15, -0.1) is 11.8 Å². The van der Waals surface area contributed by atoms with E-state index in [1.54, 1.807) is 12.1 Å². The van der Waals surface area contributed by atoms with Crippen molar-refractivity contribution in [3.8, 4) is 0 Å². The fraction of sp³-hybridized carbons (Fsp3) is 0.500. The molecule has 0 spiro atoms. The molecule has 2 atom stereocenters. The smallest absolute Gasteiger partial charge is 0.123 e. The highest BCUT2D eigenvalue weighted by Gasteiger charge is 2.23. The number of nitrogens with zero attached hydrogens (tertiary/aromatic N) is 2. The largest absolute Gasteiger partial charge is 0.307 e. The maximum Gasteiger partial charge on any atom is 0.123 e. The Morgan fingerprint density at radius 3 is 2.91 bits per heavy atom. The molecule has 0 radical (unpaired) electrons. The Kier molecular flexibility index (Phi) is 4.78. The summed E-state index contributed by atoms with van der Waals surface area (Å²) in [6.45, 7) is 6.38. The van der Waals surface area contributed by atoms with Gasteiger partial charge >= 0.3 is 0 Å². The van der Waals surface area contributed by atoms with Crippen molar-refractivity contribution in [2.45, 2.75) is 50.6 Å². The van der Waals surface area contributed by atoms with E-state index in [0.717, 1.165) is 29.9 Å². The molecule has 3 rings (SSSR count). The second-order valence-electron chi connectivity index (χ2n) is 6.42. The summed E-state index contributed by atoms with van der Waals surface area (Å²) in [6, 6.07) is 5.70. The quantitative estimate of drug-likeness (QED) is 0.919. The molecule has 23 heavy (non-hydrogen) atoms. The summed E-state index contributed by atoms with van der Waals surface area (Å²) < 4.78 is 15.6. The standard InChI is InChI=1S/C18H24FN3S/c1-11(9-15-12(2)21-22(4)13(15)3)20-17-7-8-23-18-6-5-14(19)10-16(17)18/h5-6,10-11,17,20H,7-9H2,1-4H3/t11-,17-/m0/s1. The second-order valence-corrected chi connectivity index (χ2v) is 7.55. The lowest BCUT2D eigenvalue weighted by Gasteiger charge is -2.29. The molecule has 1 aromatic heterocycles. The maximum atomic E-state index is 13.6. The molecule has 0 fully saturated rings. The molecule has 0 unspecified atom stereocenters. The van der Waals surface area contributed by atoms with Crippen LogP contribution in [0.3, 0.4) is 0 Å². The van der Waals surface area contributed by atoms with Crippen LogP contribution >= 0.6 is 11.8 Å². The van der Waals surface area contributed by atoms with Gasteiger partial charge in [-0.1, -0.05) is 0 Å². The SMILES string of the molecule is Cc1nn(C)c(C)c1C[C@H](C)N[C@H]1CCSc2ccc(F)cc21. The lowest BCUT2D eigenvalue weighted by Crippen LogP contribution is -2.34. The number of benzene rings is 1. The first-order chi connectivity index (χ1) is 11.0. The van der Waals surface area contributed by atoms with Crippen LogP contribution in [0.25, 0.3) is 0 Å². The van der Waals surface area contributed by atoms with Crippen LogP contribution in [0.5, 0.6) is 0 Å². The number of hydrogen-bond donors (Lipinski definition) is 1. The number of fused-ring (bicyclic) bond motifs is 1. The molecule has 124 valence electrons. The van der Waals surface area contributed by atoms with Crippen LogP contribution in [-0.4, -0.2) is 21.6 Å². The topological polar surface area (TPSA) is 29.9 Å². The van der Waals surface area contributed by atoms with E-state index in [9.17, 15) is 4.39 Å². The minimum atomic E-state index is -0.148. The fourth-order valence-electron chi connectivity index (χ4n) is 3.36. The van der Waals surface area contributed by atoms with Gasteiger partial charge in [-0.2, -0.15) is 5.10 Å². The molecule has 0 bridgehead atoms. The van der Waals surface area contributed by atoms with Gasteiger partial charge < -0.3 is 5.32 Å².